The third-order valence-corrected chi connectivity index (χ3v) is 5.75. The van der Waals surface area contributed by atoms with Crippen molar-refractivity contribution in [2.45, 2.75) is 25.6 Å². The molecule has 1 aromatic carbocycles. The molecule has 2 amide bonds. The van der Waals surface area contributed by atoms with E-state index < -0.39 is 11.9 Å². The number of halogens is 2. The van der Waals surface area contributed by atoms with Crippen molar-refractivity contribution in [3.05, 3.63) is 46.6 Å². The second kappa shape index (κ2) is 8.51. The van der Waals surface area contributed by atoms with Crippen LogP contribution in [0.4, 0.5) is 9.18 Å². The van der Waals surface area contributed by atoms with Crippen LogP contribution in [0, 0.1) is 17.7 Å². The lowest BCUT2D eigenvalue weighted by Gasteiger charge is -2.19. The number of carbonyl (C=O) groups is 2. The largest absolute Gasteiger partial charge is 0.487 e. The fraction of sp³-hybridized carbons (Fsp3) is 0.450. The monoisotopic (exact) mass is 437 g/mol. The number of amides is 2. The van der Waals surface area contributed by atoms with Crippen LogP contribution >= 0.6 is 11.6 Å². The van der Waals surface area contributed by atoms with E-state index in [0.717, 1.165) is 12.8 Å². The highest BCUT2D eigenvalue weighted by molar-refractivity contribution is 6.30. The minimum atomic E-state index is -0.475. The molecular formula is C20H21ClFN3O5. The molecule has 1 saturated heterocycles. The quantitative estimate of drug-likeness (QED) is 0.771. The molecule has 1 N–H and O–H groups in total. The van der Waals surface area contributed by atoms with E-state index in [2.05, 4.69) is 10.5 Å². The molecule has 160 valence electrons. The summed E-state index contributed by atoms with van der Waals surface area (Å²) in [4.78, 5) is 25.5. The maximum Gasteiger partial charge on any atom is 0.410 e. The lowest BCUT2D eigenvalue weighted by Crippen LogP contribution is -2.31. The van der Waals surface area contributed by atoms with Crippen LogP contribution in [0.25, 0.3) is 0 Å². The normalized spacial score (nSPS) is 22.6. The van der Waals surface area contributed by atoms with Gasteiger partial charge in [-0.1, -0.05) is 16.8 Å². The van der Waals surface area contributed by atoms with Crippen LogP contribution in [-0.4, -0.2) is 48.3 Å². The molecule has 0 bridgehead atoms. The standard InChI is InChI=1S/C20H21ClFN3O5/c1-23-19(26)17-7-15(30-24-17)10-28-20(27)25-8-11-4-14(5-12(11)9-25)29-18-3-2-13(21)6-16(18)22/h2-3,6-7,11-12,14H,4-5,8-10H2,1H3,(H,23,26)/t11-,12+,14?. The maximum absolute atomic E-state index is 13.9. The van der Waals surface area contributed by atoms with E-state index in [1.807, 2.05) is 0 Å². The van der Waals surface area contributed by atoms with Crippen molar-refractivity contribution in [3.8, 4) is 5.75 Å². The predicted octanol–water partition coefficient (Wildman–Crippen LogP) is 3.25. The van der Waals surface area contributed by atoms with Crippen LogP contribution in [0.15, 0.2) is 28.8 Å². The van der Waals surface area contributed by atoms with Gasteiger partial charge in [-0.05, 0) is 42.9 Å². The molecule has 2 fully saturated rings. The Morgan fingerprint density at radius 1 is 1.30 bits per heavy atom. The molecule has 2 heterocycles. The van der Waals surface area contributed by atoms with Gasteiger partial charge in [0.25, 0.3) is 5.91 Å². The summed E-state index contributed by atoms with van der Waals surface area (Å²) >= 11 is 5.77. The summed E-state index contributed by atoms with van der Waals surface area (Å²) in [6.45, 7) is 1.02. The summed E-state index contributed by atoms with van der Waals surface area (Å²) < 4.78 is 30.0. The second-order valence-corrected chi connectivity index (χ2v) is 7.96. The zero-order valence-corrected chi connectivity index (χ0v) is 17.0. The van der Waals surface area contributed by atoms with Gasteiger partial charge in [-0.15, -0.1) is 0 Å². The Morgan fingerprint density at radius 3 is 2.70 bits per heavy atom. The van der Waals surface area contributed by atoms with Crippen LogP contribution in [-0.2, 0) is 11.3 Å². The Labute approximate surface area is 177 Å². The molecule has 30 heavy (non-hydrogen) atoms. The number of nitrogens with one attached hydrogen (secondary N) is 1. The first kappa shape index (κ1) is 20.5. The van der Waals surface area contributed by atoms with Crippen LogP contribution in [0.3, 0.4) is 0 Å². The van der Waals surface area contributed by atoms with Crippen molar-refractivity contribution < 1.29 is 28.0 Å². The topological polar surface area (TPSA) is 93.9 Å². The molecule has 2 aliphatic rings. The zero-order valence-electron chi connectivity index (χ0n) is 16.3. The molecule has 10 heteroatoms. The fourth-order valence-corrected chi connectivity index (χ4v) is 4.24. The molecule has 4 rings (SSSR count). The van der Waals surface area contributed by atoms with E-state index >= 15 is 0 Å². The van der Waals surface area contributed by atoms with Gasteiger partial charge in [-0.25, -0.2) is 9.18 Å². The number of benzene rings is 1. The van der Waals surface area contributed by atoms with Gasteiger partial charge < -0.3 is 24.2 Å². The molecule has 1 aromatic heterocycles. The highest BCUT2D eigenvalue weighted by Gasteiger charge is 2.44. The first-order chi connectivity index (χ1) is 14.4. The number of hydrogen-bond acceptors (Lipinski definition) is 6. The number of fused-ring (bicyclic) bond motifs is 1. The van der Waals surface area contributed by atoms with E-state index in [1.165, 1.54) is 25.2 Å². The van der Waals surface area contributed by atoms with Gasteiger partial charge in [0.15, 0.2) is 29.6 Å². The average Bonchev–Trinajstić information content (AvgIpc) is 3.42. The summed E-state index contributed by atoms with van der Waals surface area (Å²) in [6.07, 6.45) is 0.956. The van der Waals surface area contributed by atoms with Crippen molar-refractivity contribution in [1.29, 1.82) is 0 Å². The summed E-state index contributed by atoms with van der Waals surface area (Å²) in [7, 11) is 1.49. The van der Waals surface area contributed by atoms with E-state index in [9.17, 15) is 14.0 Å². The minimum absolute atomic E-state index is 0.0915. The first-order valence-electron chi connectivity index (χ1n) is 9.64. The molecule has 2 aromatic rings. The Bertz CT molecular complexity index is 938. The van der Waals surface area contributed by atoms with Gasteiger partial charge in [-0.3, -0.25) is 4.79 Å². The van der Waals surface area contributed by atoms with Crippen LogP contribution in [0.5, 0.6) is 5.75 Å². The van der Waals surface area contributed by atoms with E-state index in [1.54, 1.807) is 11.0 Å². The number of ether oxygens (including phenoxy) is 2. The summed E-state index contributed by atoms with van der Waals surface area (Å²) in [6, 6.07) is 5.80. The van der Waals surface area contributed by atoms with Crippen molar-refractivity contribution in [1.82, 2.24) is 15.4 Å². The van der Waals surface area contributed by atoms with Crippen LogP contribution in [0.2, 0.25) is 5.02 Å². The first-order valence-corrected chi connectivity index (χ1v) is 10.0. The molecule has 1 saturated carbocycles. The van der Waals surface area contributed by atoms with Crippen molar-refractivity contribution in [3.63, 3.8) is 0 Å². The van der Waals surface area contributed by atoms with E-state index in [-0.39, 0.29) is 41.9 Å². The van der Waals surface area contributed by atoms with Gasteiger partial charge in [0.1, 0.15) is 0 Å². The Hall–Kier alpha value is -2.81. The van der Waals surface area contributed by atoms with Crippen molar-refractivity contribution in [2.75, 3.05) is 20.1 Å². The number of aromatic nitrogens is 1. The van der Waals surface area contributed by atoms with E-state index in [0.29, 0.717) is 23.9 Å². The number of hydrogen-bond donors (Lipinski definition) is 1. The van der Waals surface area contributed by atoms with Gasteiger partial charge in [0, 0.05) is 31.2 Å². The Morgan fingerprint density at radius 2 is 2.03 bits per heavy atom. The number of carbonyl (C=O) groups excluding carboxylic acids is 2. The molecule has 0 spiro atoms. The van der Waals surface area contributed by atoms with Gasteiger partial charge in [0.2, 0.25) is 0 Å². The second-order valence-electron chi connectivity index (χ2n) is 7.52. The van der Waals surface area contributed by atoms with Crippen LogP contribution < -0.4 is 10.1 Å². The van der Waals surface area contributed by atoms with Crippen LogP contribution in [0.1, 0.15) is 29.1 Å². The van der Waals surface area contributed by atoms with Crippen molar-refractivity contribution in [2.24, 2.45) is 11.8 Å². The highest BCUT2D eigenvalue weighted by atomic mass is 35.5. The van der Waals surface area contributed by atoms with Gasteiger partial charge in [0.05, 0.1) is 6.10 Å². The lowest BCUT2D eigenvalue weighted by molar-refractivity contribution is 0.0895. The number of likely N-dealkylation sites (tertiary alicyclic amines) is 1. The van der Waals surface area contributed by atoms with Gasteiger partial charge in [-0.2, -0.15) is 0 Å². The molecule has 1 unspecified atom stereocenters. The van der Waals surface area contributed by atoms with Crippen molar-refractivity contribution >= 4 is 23.6 Å². The molecular weight excluding hydrogens is 417 g/mol. The summed E-state index contributed by atoms with van der Waals surface area (Å²) in [5.74, 6) is 0.199. The highest BCUT2D eigenvalue weighted by Crippen LogP contribution is 2.40. The molecule has 1 aliphatic heterocycles. The SMILES string of the molecule is CNC(=O)c1cc(COC(=O)N2C[C@H]3CC(Oc4ccc(Cl)cc4F)C[C@H]3C2)on1. The molecule has 8 nitrogen and oxygen atoms in total. The molecule has 0 radical (unpaired) electrons. The predicted molar refractivity (Wildman–Crippen MR) is 104 cm³/mol. The van der Waals surface area contributed by atoms with E-state index in [4.69, 9.17) is 25.6 Å². The third kappa shape index (κ3) is 4.35. The van der Waals surface area contributed by atoms with Gasteiger partial charge >= 0.3 is 6.09 Å². The average molecular weight is 438 g/mol. The maximum atomic E-state index is 13.9. The number of rotatable bonds is 5. The number of nitrogens with zero attached hydrogens (tertiary/aromatic N) is 2. The minimum Gasteiger partial charge on any atom is -0.487 e. The lowest BCUT2D eigenvalue weighted by atomic mass is 10.0. The Kier molecular flexibility index (Phi) is 5.80. The molecule has 3 atom stereocenters. The molecule has 1 aliphatic carbocycles. The summed E-state index contributed by atoms with van der Waals surface area (Å²) in [5, 5.41) is 6.39. The fourth-order valence-electron chi connectivity index (χ4n) is 4.08. The summed E-state index contributed by atoms with van der Waals surface area (Å²) in [5.41, 5.74) is 0.127. The smallest absolute Gasteiger partial charge is 0.410 e. The third-order valence-electron chi connectivity index (χ3n) is 5.51. The zero-order chi connectivity index (χ0) is 21.3. The Balaban J connectivity index is 1.25.